The molecular weight excluding hydrogens is 631 g/mol. The van der Waals surface area contributed by atoms with Gasteiger partial charge in [-0.05, 0) is 80.3 Å². The minimum atomic E-state index is -0.923. The van der Waals surface area contributed by atoms with E-state index in [4.69, 9.17) is 4.63 Å². The van der Waals surface area contributed by atoms with Gasteiger partial charge in [0.15, 0.2) is 5.69 Å². The molecule has 1 aromatic heterocycles. The van der Waals surface area contributed by atoms with E-state index in [-0.39, 0.29) is 35.3 Å². The quantitative estimate of drug-likeness (QED) is 0.324. The first kappa shape index (κ1) is 36.2. The fourth-order valence-electron chi connectivity index (χ4n) is 6.95. The SMILES string of the molecule is CCc1nonc1C(=O)N[C@H](C(=O)Nc1ccc([C@H](C)[C@@H](NC(=O)N(C)C2CCC2)C(=O)N2CCN(C)CC2)cc1F)[C@H]1CC[C@H](C)CC1. The minimum Gasteiger partial charge on any atom is -0.338 e. The van der Waals surface area contributed by atoms with Crippen LogP contribution >= 0.6 is 0 Å². The predicted molar refractivity (Wildman–Crippen MR) is 181 cm³/mol. The zero-order chi connectivity index (χ0) is 35.2. The molecule has 2 saturated carbocycles. The van der Waals surface area contributed by atoms with E-state index in [2.05, 4.69) is 38.1 Å². The molecule has 3 fully saturated rings. The van der Waals surface area contributed by atoms with Crippen LogP contribution in [0.3, 0.4) is 0 Å². The third-order valence-corrected chi connectivity index (χ3v) is 10.8. The van der Waals surface area contributed by atoms with Crippen molar-refractivity contribution < 1.29 is 28.2 Å². The van der Waals surface area contributed by atoms with Crippen LogP contribution in [0.25, 0.3) is 0 Å². The summed E-state index contributed by atoms with van der Waals surface area (Å²) in [5, 5.41) is 16.0. The van der Waals surface area contributed by atoms with Crippen molar-refractivity contribution in [1.82, 2.24) is 35.6 Å². The van der Waals surface area contributed by atoms with Crippen LogP contribution in [0.15, 0.2) is 22.8 Å². The van der Waals surface area contributed by atoms with Gasteiger partial charge in [-0.1, -0.05) is 44.8 Å². The van der Waals surface area contributed by atoms with Crippen molar-refractivity contribution in [2.75, 3.05) is 45.6 Å². The van der Waals surface area contributed by atoms with E-state index in [1.165, 1.54) is 12.1 Å². The number of anilines is 1. The summed E-state index contributed by atoms with van der Waals surface area (Å²) in [6, 6.07) is 2.42. The molecular formula is C35H51FN8O5. The molecule has 0 bridgehead atoms. The smallest absolute Gasteiger partial charge is 0.318 e. The number of urea groups is 1. The molecule has 2 aromatic rings. The van der Waals surface area contributed by atoms with Crippen LogP contribution in [-0.2, 0) is 16.0 Å². The van der Waals surface area contributed by atoms with E-state index in [1.807, 2.05) is 14.0 Å². The van der Waals surface area contributed by atoms with Gasteiger partial charge in [-0.2, -0.15) is 0 Å². The van der Waals surface area contributed by atoms with Crippen molar-refractivity contribution in [3.05, 3.63) is 41.0 Å². The number of carbonyl (C=O) groups is 4. The monoisotopic (exact) mass is 682 g/mol. The highest BCUT2D eigenvalue weighted by Gasteiger charge is 2.37. The average Bonchev–Trinajstić information content (AvgIpc) is 3.55. The Morgan fingerprint density at radius 3 is 2.33 bits per heavy atom. The molecule has 1 aliphatic heterocycles. The lowest BCUT2D eigenvalue weighted by molar-refractivity contribution is -0.135. The van der Waals surface area contributed by atoms with Crippen molar-refractivity contribution in [2.45, 2.75) is 96.2 Å². The highest BCUT2D eigenvalue weighted by molar-refractivity contribution is 6.01. The molecule has 5 amide bonds. The Morgan fingerprint density at radius 1 is 1.02 bits per heavy atom. The summed E-state index contributed by atoms with van der Waals surface area (Å²) in [7, 11) is 3.75. The zero-order valence-electron chi connectivity index (χ0n) is 29.3. The van der Waals surface area contributed by atoms with E-state index >= 15 is 4.39 Å². The number of piperazine rings is 1. The van der Waals surface area contributed by atoms with E-state index in [1.54, 1.807) is 29.8 Å². The number of benzene rings is 1. The van der Waals surface area contributed by atoms with Gasteiger partial charge >= 0.3 is 6.03 Å². The highest BCUT2D eigenvalue weighted by Crippen LogP contribution is 2.32. The molecule has 0 radical (unpaired) electrons. The lowest BCUT2D eigenvalue weighted by Crippen LogP contribution is -2.58. The van der Waals surface area contributed by atoms with Crippen LogP contribution in [0.2, 0.25) is 0 Å². The number of amides is 5. The molecule has 1 aromatic carbocycles. The Morgan fingerprint density at radius 2 is 1.71 bits per heavy atom. The zero-order valence-corrected chi connectivity index (χ0v) is 29.3. The van der Waals surface area contributed by atoms with Gasteiger partial charge in [-0.25, -0.2) is 13.8 Å². The van der Waals surface area contributed by atoms with E-state index in [0.29, 0.717) is 36.7 Å². The van der Waals surface area contributed by atoms with Gasteiger partial charge < -0.3 is 30.7 Å². The van der Waals surface area contributed by atoms with Crippen LogP contribution < -0.4 is 16.0 Å². The summed E-state index contributed by atoms with van der Waals surface area (Å²) < 4.78 is 20.6. The van der Waals surface area contributed by atoms with Gasteiger partial charge in [-0.3, -0.25) is 14.4 Å². The van der Waals surface area contributed by atoms with Gasteiger partial charge in [-0.15, -0.1) is 0 Å². The number of hydrogen-bond acceptors (Lipinski definition) is 8. The second-order valence-corrected chi connectivity index (χ2v) is 14.2. The summed E-state index contributed by atoms with van der Waals surface area (Å²) in [5.74, 6) is -2.18. The van der Waals surface area contributed by atoms with Crippen LogP contribution in [-0.4, -0.2) is 107 Å². The first-order chi connectivity index (χ1) is 23.5. The van der Waals surface area contributed by atoms with Crippen molar-refractivity contribution in [2.24, 2.45) is 11.8 Å². The Labute approximate surface area is 287 Å². The minimum absolute atomic E-state index is 0.0284. The number of carbonyl (C=O) groups excluding carboxylic acids is 4. The molecule has 14 heteroatoms. The van der Waals surface area contributed by atoms with Crippen molar-refractivity contribution >= 4 is 29.4 Å². The number of rotatable bonds is 11. The van der Waals surface area contributed by atoms with Gasteiger partial charge in [0, 0.05) is 45.2 Å². The Balaban J connectivity index is 1.33. The maximum absolute atomic E-state index is 15.8. The number of nitrogens with zero attached hydrogens (tertiary/aromatic N) is 5. The average molecular weight is 683 g/mol. The summed E-state index contributed by atoms with van der Waals surface area (Å²) >= 11 is 0. The van der Waals surface area contributed by atoms with E-state index < -0.39 is 35.6 Å². The van der Waals surface area contributed by atoms with Crippen molar-refractivity contribution in [3.8, 4) is 0 Å². The lowest BCUT2D eigenvalue weighted by Gasteiger charge is -2.39. The highest BCUT2D eigenvalue weighted by atomic mass is 19.1. The molecule has 0 unspecified atom stereocenters. The number of aromatic nitrogens is 2. The fraction of sp³-hybridized carbons (Fsp3) is 0.657. The van der Waals surface area contributed by atoms with E-state index in [9.17, 15) is 19.2 Å². The standard InChI is InChI=1S/C35H51FN8O5/c1-6-27-31(41-49-40-27)33(46)38-30(23-12-10-21(2)11-13-23)32(45)37-28-15-14-24(20-26(28)36)22(3)29(34(47)44-18-16-42(4)17-19-44)39-35(48)43(5)25-8-7-9-25/h14-15,20-23,25,29-30H,6-13,16-19H2,1-5H3,(H,37,45)(H,38,46)(H,39,48)/t21-,22-,23-,29+,30-/m0/s1. The molecule has 3 aliphatic rings. The predicted octanol–water partition coefficient (Wildman–Crippen LogP) is 3.77. The molecule has 0 spiro atoms. The summed E-state index contributed by atoms with van der Waals surface area (Å²) in [6.07, 6.45) is 6.66. The summed E-state index contributed by atoms with van der Waals surface area (Å²) in [4.78, 5) is 59.6. The number of likely N-dealkylation sites (N-methyl/N-ethyl adjacent to an activating group) is 1. The van der Waals surface area contributed by atoms with Crippen molar-refractivity contribution in [1.29, 1.82) is 0 Å². The largest absolute Gasteiger partial charge is 0.338 e. The summed E-state index contributed by atoms with van der Waals surface area (Å²) in [6.45, 7) is 8.31. The normalized spacial score (nSPS) is 22.0. The molecule has 13 nitrogen and oxygen atoms in total. The maximum atomic E-state index is 15.8. The molecule has 49 heavy (non-hydrogen) atoms. The number of nitrogens with one attached hydrogen (secondary N) is 3. The van der Waals surface area contributed by atoms with Crippen LogP contribution in [0, 0.1) is 17.7 Å². The molecule has 3 N–H and O–H groups in total. The molecule has 2 aliphatic carbocycles. The molecule has 5 rings (SSSR count). The Kier molecular flexibility index (Phi) is 11.9. The van der Waals surface area contributed by atoms with Gasteiger partial charge in [0.2, 0.25) is 11.8 Å². The number of halogens is 1. The van der Waals surface area contributed by atoms with Gasteiger partial charge in [0.05, 0.1) is 5.69 Å². The Bertz CT molecular complexity index is 1480. The summed E-state index contributed by atoms with van der Waals surface area (Å²) in [5.41, 5.74) is 0.879. The third-order valence-electron chi connectivity index (χ3n) is 10.8. The van der Waals surface area contributed by atoms with E-state index in [0.717, 1.165) is 58.0 Å². The first-order valence-electron chi connectivity index (χ1n) is 17.7. The topological polar surface area (TPSA) is 153 Å². The molecule has 268 valence electrons. The van der Waals surface area contributed by atoms with Crippen LogP contribution in [0.5, 0.6) is 0 Å². The van der Waals surface area contributed by atoms with Crippen LogP contribution in [0.1, 0.15) is 93.4 Å². The Hall–Kier alpha value is -4.07. The number of hydrogen-bond donors (Lipinski definition) is 3. The number of aryl methyl sites for hydroxylation is 1. The van der Waals surface area contributed by atoms with Crippen LogP contribution in [0.4, 0.5) is 14.9 Å². The second kappa shape index (κ2) is 16.1. The molecule has 3 atom stereocenters. The van der Waals surface area contributed by atoms with Gasteiger partial charge in [0.25, 0.3) is 5.91 Å². The second-order valence-electron chi connectivity index (χ2n) is 14.2. The lowest BCUT2D eigenvalue weighted by atomic mass is 9.79. The van der Waals surface area contributed by atoms with Gasteiger partial charge in [0.1, 0.15) is 23.6 Å². The molecule has 1 saturated heterocycles. The first-order valence-corrected chi connectivity index (χ1v) is 17.7. The maximum Gasteiger partial charge on any atom is 0.318 e. The van der Waals surface area contributed by atoms with Crippen molar-refractivity contribution in [3.63, 3.8) is 0 Å². The molecule has 2 heterocycles. The third kappa shape index (κ3) is 8.57. The fourth-order valence-corrected chi connectivity index (χ4v) is 6.95.